The number of carboxylic acids is 1. The van der Waals surface area contributed by atoms with Gasteiger partial charge in [0.05, 0.1) is 19.8 Å². The molecule has 11 N–H and O–H groups in total. The van der Waals surface area contributed by atoms with Crippen molar-refractivity contribution in [2.24, 2.45) is 5.73 Å². The maximum atomic E-state index is 13.9. The third-order valence-corrected chi connectivity index (χ3v) is 7.28. The summed E-state index contributed by atoms with van der Waals surface area (Å²) in [5, 5.41) is 39.9. The highest BCUT2D eigenvalue weighted by Gasteiger charge is 2.32. The fraction of sp³-hybridized carbons (Fsp3) is 0.300. The number of para-hydroxylation sites is 2. The standard InChI is InChI=1S/C30H35N7O8/c31-11-26(40)34-24(14-38)29(43)36-22(9-16-12-32-20-7-3-1-5-18(16)20)27(41)35-23(28(42)37-25(15-39)30(44)45)10-17-13-33-21-8-4-2-6-19(17)21/h1-8,12-13,22-25,32-33,38-39H,9-11,14-15,31H2,(H,34,40)(H,35,41)(H,36,43)(H,37,42)(H,44,45)/t22-,23-,24-,25-/m0/s1. The highest BCUT2D eigenvalue weighted by atomic mass is 16.4. The molecule has 0 bridgehead atoms. The third kappa shape index (κ3) is 8.03. The van der Waals surface area contributed by atoms with E-state index in [1.165, 1.54) is 0 Å². The second-order valence-corrected chi connectivity index (χ2v) is 10.3. The van der Waals surface area contributed by atoms with Gasteiger partial charge >= 0.3 is 5.97 Å². The number of nitrogens with one attached hydrogen (secondary N) is 6. The van der Waals surface area contributed by atoms with Crippen molar-refractivity contribution in [1.29, 1.82) is 0 Å². The molecule has 238 valence electrons. The quantitative estimate of drug-likeness (QED) is 0.0733. The van der Waals surface area contributed by atoms with Crippen LogP contribution in [-0.4, -0.2) is 98.8 Å². The van der Waals surface area contributed by atoms with Crippen LogP contribution in [0.3, 0.4) is 0 Å². The number of aromatic amines is 2. The van der Waals surface area contributed by atoms with Crippen LogP contribution in [0.4, 0.5) is 0 Å². The van der Waals surface area contributed by atoms with E-state index in [-0.39, 0.29) is 12.8 Å². The van der Waals surface area contributed by atoms with Gasteiger partial charge in [-0.1, -0.05) is 36.4 Å². The summed E-state index contributed by atoms with van der Waals surface area (Å²) in [6.45, 7) is -2.09. The lowest BCUT2D eigenvalue weighted by atomic mass is 10.0. The van der Waals surface area contributed by atoms with Crippen molar-refractivity contribution >= 4 is 51.4 Å². The molecule has 2 heterocycles. The van der Waals surface area contributed by atoms with E-state index in [4.69, 9.17) is 5.73 Å². The fourth-order valence-electron chi connectivity index (χ4n) is 4.91. The van der Waals surface area contributed by atoms with Gasteiger partial charge in [-0.2, -0.15) is 0 Å². The van der Waals surface area contributed by atoms with Gasteiger partial charge in [-0.05, 0) is 23.3 Å². The normalized spacial score (nSPS) is 13.8. The van der Waals surface area contributed by atoms with Crippen LogP contribution in [-0.2, 0) is 36.8 Å². The van der Waals surface area contributed by atoms with Gasteiger partial charge in [-0.25, -0.2) is 4.79 Å². The maximum absolute atomic E-state index is 13.9. The molecule has 0 aliphatic rings. The van der Waals surface area contributed by atoms with E-state index in [0.717, 1.165) is 21.8 Å². The van der Waals surface area contributed by atoms with Crippen LogP contribution in [0, 0.1) is 0 Å². The number of carbonyl (C=O) groups excluding carboxylic acids is 4. The molecule has 0 aliphatic heterocycles. The zero-order chi connectivity index (χ0) is 32.5. The number of H-pyrrole nitrogens is 2. The van der Waals surface area contributed by atoms with Crippen molar-refractivity contribution in [3.8, 4) is 0 Å². The summed E-state index contributed by atoms with van der Waals surface area (Å²) >= 11 is 0. The lowest BCUT2D eigenvalue weighted by Gasteiger charge is -2.25. The maximum Gasteiger partial charge on any atom is 0.328 e. The lowest BCUT2D eigenvalue weighted by molar-refractivity contribution is -0.143. The number of aliphatic hydroxyl groups excluding tert-OH is 2. The minimum absolute atomic E-state index is 0.0552. The summed E-state index contributed by atoms with van der Waals surface area (Å²) < 4.78 is 0. The summed E-state index contributed by atoms with van der Waals surface area (Å²) in [6.07, 6.45) is 3.21. The molecular formula is C30H35N7O8. The molecule has 0 saturated carbocycles. The summed E-state index contributed by atoms with van der Waals surface area (Å²) in [5.74, 6) is -4.72. The molecule has 2 aromatic carbocycles. The van der Waals surface area contributed by atoms with Gasteiger partial charge in [0, 0.05) is 47.0 Å². The van der Waals surface area contributed by atoms with Gasteiger partial charge in [0.2, 0.25) is 23.6 Å². The molecule has 15 nitrogen and oxygen atoms in total. The third-order valence-electron chi connectivity index (χ3n) is 7.28. The first-order valence-corrected chi connectivity index (χ1v) is 14.1. The van der Waals surface area contributed by atoms with Crippen molar-refractivity contribution in [3.05, 3.63) is 72.1 Å². The molecule has 4 amide bonds. The second kappa shape index (κ2) is 15.0. The van der Waals surface area contributed by atoms with E-state index in [1.807, 2.05) is 36.4 Å². The summed E-state index contributed by atoms with van der Waals surface area (Å²) in [5.41, 5.74) is 8.17. The number of aromatic nitrogens is 2. The van der Waals surface area contributed by atoms with Gasteiger partial charge in [-0.15, -0.1) is 0 Å². The topological polar surface area (TPSA) is 252 Å². The van der Waals surface area contributed by atoms with Crippen molar-refractivity contribution < 1.29 is 39.3 Å². The smallest absolute Gasteiger partial charge is 0.328 e. The van der Waals surface area contributed by atoms with Crippen LogP contribution < -0.4 is 27.0 Å². The highest BCUT2D eigenvalue weighted by molar-refractivity contribution is 5.96. The SMILES string of the molecule is NCC(=O)N[C@@H](CO)C(=O)N[C@@H](Cc1c[nH]c2ccccc12)C(=O)N[C@@H](Cc1c[nH]c2ccccc12)C(=O)N[C@@H](CO)C(=O)O. The summed E-state index contributed by atoms with van der Waals surface area (Å²) in [6, 6.07) is 8.86. The molecule has 45 heavy (non-hydrogen) atoms. The lowest BCUT2D eigenvalue weighted by Crippen LogP contribution is -2.59. The number of aliphatic carboxylic acids is 1. The van der Waals surface area contributed by atoms with Gasteiger partial charge in [0.25, 0.3) is 0 Å². The van der Waals surface area contributed by atoms with Crippen LogP contribution in [0.1, 0.15) is 11.1 Å². The average Bonchev–Trinajstić information content (AvgIpc) is 3.65. The Kier molecular flexibility index (Phi) is 10.9. The molecule has 2 aromatic heterocycles. The van der Waals surface area contributed by atoms with Crippen molar-refractivity contribution in [2.75, 3.05) is 19.8 Å². The molecule has 0 fully saturated rings. The number of rotatable bonds is 15. The number of benzene rings is 2. The number of carboxylic acid groups (broad SMARTS) is 1. The molecule has 0 unspecified atom stereocenters. The van der Waals surface area contributed by atoms with Gasteiger partial charge in [-0.3, -0.25) is 19.2 Å². The minimum Gasteiger partial charge on any atom is -0.480 e. The number of hydrogen-bond acceptors (Lipinski definition) is 8. The molecular weight excluding hydrogens is 586 g/mol. The zero-order valence-corrected chi connectivity index (χ0v) is 24.1. The Hall–Kier alpha value is -5.25. The molecule has 0 radical (unpaired) electrons. The molecule has 0 aliphatic carbocycles. The Morgan fingerprint density at radius 2 is 1.07 bits per heavy atom. The molecule has 0 spiro atoms. The Labute approximate surface area is 256 Å². The molecule has 4 rings (SSSR count). The number of carbonyl (C=O) groups is 5. The molecule has 4 aromatic rings. The van der Waals surface area contributed by atoms with E-state index in [0.29, 0.717) is 11.1 Å². The van der Waals surface area contributed by atoms with Gasteiger partial charge in [0.1, 0.15) is 24.2 Å². The number of amides is 4. The van der Waals surface area contributed by atoms with Crippen LogP contribution in [0.2, 0.25) is 0 Å². The van der Waals surface area contributed by atoms with E-state index in [9.17, 15) is 39.3 Å². The van der Waals surface area contributed by atoms with E-state index >= 15 is 0 Å². The molecule has 4 atom stereocenters. The van der Waals surface area contributed by atoms with Crippen LogP contribution >= 0.6 is 0 Å². The second-order valence-electron chi connectivity index (χ2n) is 10.3. The largest absolute Gasteiger partial charge is 0.480 e. The summed E-state index contributed by atoms with van der Waals surface area (Å²) in [4.78, 5) is 69.9. The molecule has 0 saturated heterocycles. The van der Waals surface area contributed by atoms with Gasteiger partial charge in [0.15, 0.2) is 0 Å². The highest BCUT2D eigenvalue weighted by Crippen LogP contribution is 2.21. The predicted molar refractivity (Wildman–Crippen MR) is 163 cm³/mol. The Morgan fingerprint density at radius 1 is 0.644 bits per heavy atom. The van der Waals surface area contributed by atoms with Crippen molar-refractivity contribution in [1.82, 2.24) is 31.2 Å². The average molecular weight is 622 g/mol. The first kappa shape index (κ1) is 32.7. The van der Waals surface area contributed by atoms with Crippen LogP contribution in [0.25, 0.3) is 21.8 Å². The minimum atomic E-state index is -1.63. The van der Waals surface area contributed by atoms with Crippen LogP contribution in [0.5, 0.6) is 0 Å². The fourth-order valence-corrected chi connectivity index (χ4v) is 4.91. The predicted octanol–water partition coefficient (Wildman–Crippen LogP) is -1.60. The number of fused-ring (bicyclic) bond motifs is 2. The van der Waals surface area contributed by atoms with E-state index < -0.39 is 73.5 Å². The van der Waals surface area contributed by atoms with E-state index in [1.54, 1.807) is 24.5 Å². The zero-order valence-electron chi connectivity index (χ0n) is 24.1. The van der Waals surface area contributed by atoms with Crippen molar-refractivity contribution in [3.63, 3.8) is 0 Å². The Bertz CT molecular complexity index is 1680. The Balaban J connectivity index is 1.64. The molecule has 15 heteroatoms. The van der Waals surface area contributed by atoms with Crippen LogP contribution in [0.15, 0.2) is 60.9 Å². The van der Waals surface area contributed by atoms with E-state index in [2.05, 4.69) is 31.2 Å². The monoisotopic (exact) mass is 621 g/mol. The number of hydrogen-bond donors (Lipinski definition) is 10. The van der Waals surface area contributed by atoms with Gasteiger partial charge < -0.3 is 52.3 Å². The number of aliphatic hydroxyl groups is 2. The Morgan fingerprint density at radius 3 is 1.49 bits per heavy atom. The number of nitrogens with two attached hydrogens (primary N) is 1. The van der Waals surface area contributed by atoms with Crippen molar-refractivity contribution in [2.45, 2.75) is 37.0 Å². The first-order chi connectivity index (χ1) is 21.6. The summed E-state index contributed by atoms with van der Waals surface area (Å²) in [7, 11) is 0. The first-order valence-electron chi connectivity index (χ1n) is 14.1.